The van der Waals surface area contributed by atoms with Crippen LogP contribution in [0.5, 0.6) is 11.9 Å². The molecule has 6 nitrogen and oxygen atoms in total. The Morgan fingerprint density at radius 2 is 2.14 bits per heavy atom. The predicted octanol–water partition coefficient (Wildman–Crippen LogP) is 2.89. The molecule has 3 rings (SSSR count). The fraction of sp³-hybridized carbons (Fsp3) is 0.333. The average Bonchev–Trinajstić information content (AvgIpc) is 3.34. The molecule has 0 bridgehead atoms. The summed E-state index contributed by atoms with van der Waals surface area (Å²) in [5.74, 6) is 1.18. The molecule has 22 heavy (non-hydrogen) atoms. The molecular formula is C15H15ClN4O2. The largest absolute Gasteiger partial charge is 0.480 e. The molecule has 0 spiro atoms. The minimum absolute atomic E-state index is 0.233. The maximum Gasteiger partial charge on any atom is 0.319 e. The van der Waals surface area contributed by atoms with E-state index in [4.69, 9.17) is 21.1 Å². The predicted molar refractivity (Wildman–Crippen MR) is 82.2 cm³/mol. The van der Waals surface area contributed by atoms with Crippen molar-refractivity contribution in [2.75, 3.05) is 14.2 Å². The standard InChI is InChI=1S/C15H15ClN4O2/c1-4-8-5-9(8)10-6-12(19-20-13(10)16)11-7-17-15(22-3)18-14(11)21-2/h4,6-9H,1,5H2,2-3H3/t8-,9?/m0/s1. The monoisotopic (exact) mass is 318 g/mol. The van der Waals surface area contributed by atoms with E-state index in [1.807, 2.05) is 12.1 Å². The maximum absolute atomic E-state index is 6.17. The second kappa shape index (κ2) is 5.88. The van der Waals surface area contributed by atoms with Crippen LogP contribution in [0, 0.1) is 5.92 Å². The number of ether oxygens (including phenoxy) is 2. The molecular weight excluding hydrogens is 304 g/mol. The SMILES string of the molecule is C=C[C@H]1CC1c1cc(-c2cnc(OC)nc2OC)nnc1Cl. The van der Waals surface area contributed by atoms with Gasteiger partial charge in [-0.25, -0.2) is 4.98 Å². The van der Waals surface area contributed by atoms with Gasteiger partial charge in [-0.2, -0.15) is 4.98 Å². The molecule has 0 saturated heterocycles. The van der Waals surface area contributed by atoms with Crippen molar-refractivity contribution in [1.29, 1.82) is 0 Å². The third-order valence-electron chi connectivity index (χ3n) is 3.70. The quantitative estimate of drug-likeness (QED) is 0.789. The first-order valence-electron chi connectivity index (χ1n) is 6.79. The Hall–Kier alpha value is -2.21. The summed E-state index contributed by atoms with van der Waals surface area (Å²) in [5, 5.41) is 8.59. The van der Waals surface area contributed by atoms with Crippen molar-refractivity contribution in [3.63, 3.8) is 0 Å². The van der Waals surface area contributed by atoms with Gasteiger partial charge in [0.15, 0.2) is 5.15 Å². The highest BCUT2D eigenvalue weighted by atomic mass is 35.5. The Balaban J connectivity index is 2.02. The van der Waals surface area contributed by atoms with Crippen LogP contribution in [0.25, 0.3) is 11.3 Å². The first-order chi connectivity index (χ1) is 10.7. The molecule has 1 aliphatic carbocycles. The van der Waals surface area contributed by atoms with Gasteiger partial charge in [0, 0.05) is 6.20 Å². The third kappa shape index (κ3) is 2.62. The summed E-state index contributed by atoms with van der Waals surface area (Å²) >= 11 is 6.17. The van der Waals surface area contributed by atoms with E-state index in [0.717, 1.165) is 12.0 Å². The van der Waals surface area contributed by atoms with Crippen molar-refractivity contribution in [2.24, 2.45) is 5.92 Å². The van der Waals surface area contributed by atoms with Crippen molar-refractivity contribution in [3.8, 4) is 23.1 Å². The molecule has 2 aromatic heterocycles. The number of aromatic nitrogens is 4. The van der Waals surface area contributed by atoms with Crippen LogP contribution in [0.4, 0.5) is 0 Å². The second-order valence-electron chi connectivity index (χ2n) is 5.00. The Kier molecular flexibility index (Phi) is 3.94. The molecule has 0 N–H and O–H groups in total. The zero-order valence-corrected chi connectivity index (χ0v) is 13.0. The van der Waals surface area contributed by atoms with Gasteiger partial charge < -0.3 is 9.47 Å². The van der Waals surface area contributed by atoms with Gasteiger partial charge in [-0.15, -0.1) is 16.8 Å². The number of hydrogen-bond donors (Lipinski definition) is 0. The molecule has 1 unspecified atom stereocenters. The molecule has 1 aliphatic rings. The highest BCUT2D eigenvalue weighted by Crippen LogP contribution is 2.50. The summed E-state index contributed by atoms with van der Waals surface area (Å²) in [7, 11) is 3.03. The lowest BCUT2D eigenvalue weighted by Crippen LogP contribution is -2.00. The van der Waals surface area contributed by atoms with E-state index in [9.17, 15) is 0 Å². The van der Waals surface area contributed by atoms with Gasteiger partial charge in [0.25, 0.3) is 0 Å². The summed E-state index contributed by atoms with van der Waals surface area (Å²) in [6, 6.07) is 2.15. The zero-order valence-electron chi connectivity index (χ0n) is 12.3. The highest BCUT2D eigenvalue weighted by Gasteiger charge is 2.38. The highest BCUT2D eigenvalue weighted by molar-refractivity contribution is 6.30. The van der Waals surface area contributed by atoms with Crippen LogP contribution >= 0.6 is 11.6 Å². The first kappa shape index (κ1) is 14.7. The smallest absolute Gasteiger partial charge is 0.319 e. The van der Waals surface area contributed by atoms with Crippen LogP contribution in [0.2, 0.25) is 5.15 Å². The summed E-state index contributed by atoms with van der Waals surface area (Å²) in [6.45, 7) is 3.82. The molecule has 0 amide bonds. The van der Waals surface area contributed by atoms with E-state index in [2.05, 4.69) is 26.7 Å². The van der Waals surface area contributed by atoms with Gasteiger partial charge in [0.1, 0.15) is 5.69 Å². The van der Waals surface area contributed by atoms with Crippen LogP contribution in [0.15, 0.2) is 24.9 Å². The number of methoxy groups -OCH3 is 2. The second-order valence-corrected chi connectivity index (χ2v) is 5.36. The van der Waals surface area contributed by atoms with E-state index >= 15 is 0 Å². The van der Waals surface area contributed by atoms with Crippen molar-refractivity contribution in [1.82, 2.24) is 20.2 Å². The van der Waals surface area contributed by atoms with Gasteiger partial charge in [-0.3, -0.25) is 0 Å². The Labute approximate surface area is 133 Å². The van der Waals surface area contributed by atoms with Crippen molar-refractivity contribution in [3.05, 3.63) is 35.6 Å². The molecule has 1 fully saturated rings. The molecule has 7 heteroatoms. The maximum atomic E-state index is 6.17. The van der Waals surface area contributed by atoms with E-state index in [-0.39, 0.29) is 6.01 Å². The van der Waals surface area contributed by atoms with Gasteiger partial charge in [-0.1, -0.05) is 17.7 Å². The van der Waals surface area contributed by atoms with Crippen LogP contribution in [0.3, 0.4) is 0 Å². The first-order valence-corrected chi connectivity index (χ1v) is 7.16. The van der Waals surface area contributed by atoms with E-state index in [0.29, 0.717) is 34.1 Å². The lowest BCUT2D eigenvalue weighted by atomic mass is 10.1. The lowest BCUT2D eigenvalue weighted by molar-refractivity contribution is 0.353. The van der Waals surface area contributed by atoms with Crippen molar-refractivity contribution < 1.29 is 9.47 Å². The lowest BCUT2D eigenvalue weighted by Gasteiger charge is -2.09. The normalized spacial score (nSPS) is 19.6. The van der Waals surface area contributed by atoms with E-state index in [1.165, 1.54) is 14.2 Å². The number of halogens is 1. The number of allylic oxidation sites excluding steroid dienone is 1. The molecule has 1 saturated carbocycles. The average molecular weight is 319 g/mol. The molecule has 2 aromatic rings. The minimum Gasteiger partial charge on any atom is -0.480 e. The van der Waals surface area contributed by atoms with Gasteiger partial charge in [0.2, 0.25) is 5.88 Å². The van der Waals surface area contributed by atoms with Gasteiger partial charge >= 0.3 is 6.01 Å². The van der Waals surface area contributed by atoms with Gasteiger partial charge in [0.05, 0.1) is 19.8 Å². The third-order valence-corrected chi connectivity index (χ3v) is 4.00. The summed E-state index contributed by atoms with van der Waals surface area (Å²) in [6.07, 6.45) is 4.58. The van der Waals surface area contributed by atoms with Crippen molar-refractivity contribution >= 4 is 11.6 Å². The Morgan fingerprint density at radius 3 is 2.77 bits per heavy atom. The molecule has 2 heterocycles. The fourth-order valence-electron chi connectivity index (χ4n) is 2.40. The van der Waals surface area contributed by atoms with Crippen molar-refractivity contribution in [2.45, 2.75) is 12.3 Å². The molecule has 0 aromatic carbocycles. The number of rotatable bonds is 5. The Bertz CT molecular complexity index is 723. The van der Waals surface area contributed by atoms with E-state index in [1.54, 1.807) is 6.20 Å². The Morgan fingerprint density at radius 1 is 1.32 bits per heavy atom. The van der Waals surface area contributed by atoms with Crippen LogP contribution in [-0.2, 0) is 0 Å². The van der Waals surface area contributed by atoms with Crippen LogP contribution < -0.4 is 9.47 Å². The summed E-state index contributed by atoms with van der Waals surface area (Å²) < 4.78 is 10.3. The number of hydrogen-bond acceptors (Lipinski definition) is 6. The van der Waals surface area contributed by atoms with Crippen LogP contribution in [0.1, 0.15) is 17.9 Å². The molecule has 114 valence electrons. The number of nitrogens with zero attached hydrogens (tertiary/aromatic N) is 4. The van der Waals surface area contributed by atoms with E-state index < -0.39 is 0 Å². The molecule has 2 atom stereocenters. The fourth-order valence-corrected chi connectivity index (χ4v) is 2.63. The zero-order chi connectivity index (χ0) is 15.7. The topological polar surface area (TPSA) is 70.0 Å². The molecule has 0 aliphatic heterocycles. The summed E-state index contributed by atoms with van der Waals surface area (Å²) in [5.41, 5.74) is 2.23. The summed E-state index contributed by atoms with van der Waals surface area (Å²) in [4.78, 5) is 8.25. The molecule has 0 radical (unpaired) electrons. The van der Waals surface area contributed by atoms with Crippen LogP contribution in [-0.4, -0.2) is 34.4 Å². The van der Waals surface area contributed by atoms with Gasteiger partial charge in [-0.05, 0) is 29.9 Å². The minimum atomic E-state index is 0.233.